The Balaban J connectivity index is 1.79. The van der Waals surface area contributed by atoms with Crippen molar-refractivity contribution in [2.24, 2.45) is 4.99 Å². The molecular weight excluding hydrogens is 454 g/mol. The summed E-state index contributed by atoms with van der Waals surface area (Å²) >= 11 is 3.46. The topological polar surface area (TPSA) is 50.7 Å². The van der Waals surface area contributed by atoms with Crippen LogP contribution >= 0.6 is 34.4 Å². The molecule has 0 aliphatic carbocycles. The number of hydrogen-bond acceptors (Lipinski definition) is 4. The van der Waals surface area contributed by atoms with Gasteiger partial charge in [-0.15, -0.1) is 0 Å². The monoisotopic (exact) mass is 468 g/mol. The van der Waals surface area contributed by atoms with E-state index in [0.717, 1.165) is 14.9 Å². The Morgan fingerprint density at radius 1 is 1.28 bits per heavy atom. The third-order valence-electron chi connectivity index (χ3n) is 3.26. The maximum Gasteiger partial charge on any atom is 0.264 e. The van der Waals surface area contributed by atoms with Crippen molar-refractivity contribution in [3.63, 3.8) is 0 Å². The van der Waals surface area contributed by atoms with E-state index in [9.17, 15) is 9.18 Å². The minimum Gasteiger partial charge on any atom is -0.493 e. The predicted molar refractivity (Wildman–Crippen MR) is 108 cm³/mol. The summed E-state index contributed by atoms with van der Waals surface area (Å²) in [4.78, 5) is 17.0. The molecule has 1 aliphatic heterocycles. The second-order valence-electron chi connectivity index (χ2n) is 5.08. The molecule has 1 aliphatic rings. The van der Waals surface area contributed by atoms with Gasteiger partial charge in [0.1, 0.15) is 11.6 Å². The molecule has 25 heavy (non-hydrogen) atoms. The fourth-order valence-corrected chi connectivity index (χ4v) is 3.68. The van der Waals surface area contributed by atoms with Crippen LogP contribution in [-0.2, 0) is 4.79 Å². The zero-order chi connectivity index (χ0) is 17.8. The van der Waals surface area contributed by atoms with Crippen LogP contribution in [0.15, 0.2) is 52.4 Å². The van der Waals surface area contributed by atoms with Crippen LogP contribution in [0.4, 0.5) is 10.1 Å². The standard InChI is InChI=1S/C18H14FIN2O2S/c1-2-24-15-8-3-11(9-14(15)20)10-16-17(23)22-18(25-16)21-13-6-4-12(19)5-7-13/h3-10H,2H2,1H3,(H,21,22,23)/b16-10+. The van der Waals surface area contributed by atoms with E-state index >= 15 is 0 Å². The largest absolute Gasteiger partial charge is 0.493 e. The number of ether oxygens (including phenoxy) is 1. The van der Waals surface area contributed by atoms with E-state index in [4.69, 9.17) is 4.74 Å². The molecule has 1 heterocycles. The maximum absolute atomic E-state index is 12.9. The molecular formula is C18H14FIN2O2S. The van der Waals surface area contributed by atoms with Crippen molar-refractivity contribution in [2.75, 3.05) is 6.61 Å². The normalized spacial score (nSPS) is 17.2. The summed E-state index contributed by atoms with van der Waals surface area (Å²) in [5.41, 5.74) is 1.50. The number of amides is 1. The van der Waals surface area contributed by atoms with Gasteiger partial charge in [0.2, 0.25) is 0 Å². The van der Waals surface area contributed by atoms with E-state index < -0.39 is 0 Å². The number of carbonyl (C=O) groups is 1. The first-order chi connectivity index (χ1) is 12.0. The van der Waals surface area contributed by atoms with Gasteiger partial charge in [-0.05, 0) is 89.3 Å². The van der Waals surface area contributed by atoms with E-state index in [1.54, 1.807) is 12.1 Å². The lowest BCUT2D eigenvalue weighted by molar-refractivity contribution is -0.115. The van der Waals surface area contributed by atoms with Crippen molar-refractivity contribution in [3.05, 3.63) is 62.3 Å². The van der Waals surface area contributed by atoms with Gasteiger partial charge in [-0.25, -0.2) is 9.38 Å². The molecule has 0 unspecified atom stereocenters. The number of nitrogens with one attached hydrogen (secondary N) is 1. The van der Waals surface area contributed by atoms with Crippen molar-refractivity contribution >= 4 is 57.2 Å². The summed E-state index contributed by atoms with van der Waals surface area (Å²) in [6.07, 6.45) is 1.81. The number of nitrogens with zero attached hydrogens (tertiary/aromatic N) is 1. The molecule has 1 fully saturated rings. The van der Waals surface area contributed by atoms with Crippen LogP contribution in [0.3, 0.4) is 0 Å². The number of hydrogen-bond donors (Lipinski definition) is 1. The number of halogens is 2. The highest BCUT2D eigenvalue weighted by atomic mass is 127. The van der Waals surface area contributed by atoms with Gasteiger partial charge in [-0.3, -0.25) is 4.79 Å². The Morgan fingerprint density at radius 2 is 2.04 bits per heavy atom. The fraction of sp³-hybridized carbons (Fsp3) is 0.111. The SMILES string of the molecule is CCOc1ccc(/C=C2/SC(=Nc3ccc(F)cc3)NC2=O)cc1I. The number of benzene rings is 2. The Bertz CT molecular complexity index is 866. The van der Waals surface area contributed by atoms with Gasteiger partial charge in [0.25, 0.3) is 5.91 Å². The van der Waals surface area contributed by atoms with Crippen LogP contribution in [0.2, 0.25) is 0 Å². The van der Waals surface area contributed by atoms with Crippen LogP contribution in [0.1, 0.15) is 12.5 Å². The average Bonchev–Trinajstić information content (AvgIpc) is 2.92. The minimum absolute atomic E-state index is 0.199. The Hall–Kier alpha value is -1.87. The maximum atomic E-state index is 12.9. The molecule has 0 saturated carbocycles. The van der Waals surface area contributed by atoms with Crippen LogP contribution in [0, 0.1) is 9.39 Å². The summed E-state index contributed by atoms with van der Waals surface area (Å²) in [5, 5.41) is 3.19. The third-order valence-corrected chi connectivity index (χ3v) is 5.01. The van der Waals surface area contributed by atoms with Gasteiger partial charge >= 0.3 is 0 Å². The molecule has 1 amide bonds. The minimum atomic E-state index is -0.322. The van der Waals surface area contributed by atoms with E-state index in [-0.39, 0.29) is 11.7 Å². The highest BCUT2D eigenvalue weighted by Crippen LogP contribution is 2.29. The molecule has 0 aromatic heterocycles. The number of rotatable bonds is 4. The van der Waals surface area contributed by atoms with E-state index in [1.807, 2.05) is 31.2 Å². The molecule has 2 aromatic carbocycles. The molecule has 0 atom stereocenters. The first-order valence-corrected chi connectivity index (χ1v) is 9.42. The summed E-state index contributed by atoms with van der Waals surface area (Å²) < 4.78 is 19.4. The summed E-state index contributed by atoms with van der Waals surface area (Å²) in [6.45, 7) is 2.55. The molecule has 128 valence electrons. The zero-order valence-corrected chi connectivity index (χ0v) is 16.2. The zero-order valence-electron chi connectivity index (χ0n) is 13.3. The molecule has 7 heteroatoms. The summed E-state index contributed by atoms with van der Waals surface area (Å²) in [5.74, 6) is 0.305. The predicted octanol–water partition coefficient (Wildman–Crippen LogP) is 4.72. The number of amidine groups is 1. The van der Waals surface area contributed by atoms with Crippen molar-refractivity contribution in [3.8, 4) is 5.75 Å². The summed E-state index contributed by atoms with van der Waals surface area (Å²) in [7, 11) is 0. The Kier molecular flexibility index (Phi) is 5.74. The van der Waals surface area contributed by atoms with E-state index in [1.165, 1.54) is 23.9 Å². The van der Waals surface area contributed by atoms with Crippen LogP contribution < -0.4 is 10.1 Å². The van der Waals surface area contributed by atoms with Crippen LogP contribution in [-0.4, -0.2) is 17.7 Å². The fourth-order valence-electron chi connectivity index (χ4n) is 2.14. The van der Waals surface area contributed by atoms with E-state index in [2.05, 4.69) is 32.9 Å². The molecule has 0 spiro atoms. The third kappa shape index (κ3) is 4.60. The lowest BCUT2D eigenvalue weighted by Gasteiger charge is -2.06. The van der Waals surface area contributed by atoms with Crippen molar-refractivity contribution < 1.29 is 13.9 Å². The smallest absolute Gasteiger partial charge is 0.264 e. The second-order valence-corrected chi connectivity index (χ2v) is 7.27. The van der Waals surface area contributed by atoms with Gasteiger partial charge < -0.3 is 10.1 Å². The van der Waals surface area contributed by atoms with Crippen LogP contribution in [0.5, 0.6) is 5.75 Å². The molecule has 4 nitrogen and oxygen atoms in total. The molecule has 0 radical (unpaired) electrons. The summed E-state index contributed by atoms with van der Waals surface area (Å²) in [6, 6.07) is 11.5. The average molecular weight is 468 g/mol. The number of aliphatic imine (C=N–C) groups is 1. The molecule has 0 bridgehead atoms. The first-order valence-electron chi connectivity index (χ1n) is 7.52. The Labute approximate surface area is 162 Å². The molecule has 2 aromatic rings. The second kappa shape index (κ2) is 8.01. The van der Waals surface area contributed by atoms with E-state index in [0.29, 0.717) is 22.4 Å². The van der Waals surface area contributed by atoms with Gasteiger partial charge in [0.05, 0.1) is 20.8 Å². The van der Waals surface area contributed by atoms with Crippen molar-refractivity contribution in [1.82, 2.24) is 5.32 Å². The Morgan fingerprint density at radius 3 is 2.72 bits per heavy atom. The lowest BCUT2D eigenvalue weighted by atomic mass is 10.2. The first kappa shape index (κ1) is 17.9. The molecule has 1 saturated heterocycles. The molecule has 1 N–H and O–H groups in total. The van der Waals surface area contributed by atoms with Gasteiger partial charge in [0.15, 0.2) is 5.17 Å². The van der Waals surface area contributed by atoms with Crippen molar-refractivity contribution in [1.29, 1.82) is 0 Å². The van der Waals surface area contributed by atoms with Crippen LogP contribution in [0.25, 0.3) is 6.08 Å². The highest BCUT2D eigenvalue weighted by molar-refractivity contribution is 14.1. The number of thioether (sulfide) groups is 1. The quantitative estimate of drug-likeness (QED) is 0.522. The lowest BCUT2D eigenvalue weighted by Crippen LogP contribution is -2.19. The highest BCUT2D eigenvalue weighted by Gasteiger charge is 2.23. The van der Waals surface area contributed by atoms with Crippen molar-refractivity contribution in [2.45, 2.75) is 6.92 Å². The van der Waals surface area contributed by atoms with Gasteiger partial charge in [-0.2, -0.15) is 0 Å². The van der Waals surface area contributed by atoms with Gasteiger partial charge in [0, 0.05) is 0 Å². The number of carbonyl (C=O) groups excluding carboxylic acids is 1. The molecule has 3 rings (SSSR count). The van der Waals surface area contributed by atoms with Gasteiger partial charge in [-0.1, -0.05) is 6.07 Å².